The van der Waals surface area contributed by atoms with Gasteiger partial charge >= 0.3 is 0 Å². The Morgan fingerprint density at radius 2 is 1.29 bits per heavy atom. The lowest BCUT2D eigenvalue weighted by molar-refractivity contribution is -0.129. The highest BCUT2D eigenvalue weighted by Gasteiger charge is 2.31. The number of rotatable bonds is 5. The van der Waals surface area contributed by atoms with Crippen molar-refractivity contribution in [3.8, 4) is 0 Å². The Labute approximate surface area is 89.3 Å². The van der Waals surface area contributed by atoms with Gasteiger partial charge in [0.15, 0.2) is 0 Å². The molecule has 0 aromatic rings. The Hall–Kier alpha value is -0.330. The Balaban J connectivity index is 4.54. The fraction of sp³-hybridized carbons (Fsp3) is 0.923. The lowest BCUT2D eigenvalue weighted by atomic mass is 9.72. The quantitative estimate of drug-likeness (QED) is 0.647. The number of ketones is 1. The predicted octanol–water partition coefficient (Wildman–Crippen LogP) is 4.21. The normalized spacial score (nSPS) is 13.0. The summed E-state index contributed by atoms with van der Waals surface area (Å²) in [5.41, 5.74) is 0.0785. The van der Waals surface area contributed by atoms with Crippen LogP contribution in [0.15, 0.2) is 0 Å². The molecule has 1 nitrogen and oxygen atoms in total. The third kappa shape index (κ3) is 3.43. The molecule has 0 aliphatic heterocycles. The van der Waals surface area contributed by atoms with Gasteiger partial charge in [-0.15, -0.1) is 0 Å². The largest absolute Gasteiger partial charge is 0.299 e. The first kappa shape index (κ1) is 13.7. The van der Waals surface area contributed by atoms with E-state index < -0.39 is 0 Å². The summed E-state index contributed by atoms with van der Waals surface area (Å²) in [7, 11) is 0. The molecule has 0 saturated carbocycles. The van der Waals surface area contributed by atoms with Crippen LogP contribution in [0.4, 0.5) is 0 Å². The second-order valence-electron chi connectivity index (χ2n) is 5.41. The van der Waals surface area contributed by atoms with Crippen LogP contribution in [0.25, 0.3) is 0 Å². The van der Waals surface area contributed by atoms with Gasteiger partial charge in [0.2, 0.25) is 0 Å². The van der Waals surface area contributed by atoms with E-state index in [2.05, 4.69) is 20.8 Å². The third-order valence-corrected chi connectivity index (χ3v) is 3.62. The lowest BCUT2D eigenvalue weighted by Gasteiger charge is -2.32. The monoisotopic (exact) mass is 198 g/mol. The molecule has 0 unspecified atom stereocenters. The molecule has 0 saturated heterocycles. The Bertz CT molecular complexity index is 174. The average Bonchev–Trinajstić information content (AvgIpc) is 2.12. The van der Waals surface area contributed by atoms with E-state index in [1.165, 1.54) is 0 Å². The van der Waals surface area contributed by atoms with Gasteiger partial charge in [-0.1, -0.05) is 60.8 Å². The van der Waals surface area contributed by atoms with Gasteiger partial charge in [-0.2, -0.15) is 0 Å². The van der Waals surface area contributed by atoms with E-state index in [4.69, 9.17) is 0 Å². The molecule has 0 aliphatic rings. The SMILES string of the molecule is CCC(CC)(CC)CC(=O)C(C)(C)C. The molecular weight excluding hydrogens is 172 g/mol. The molecular formula is C13H26O. The van der Waals surface area contributed by atoms with Crippen LogP contribution in [-0.4, -0.2) is 5.78 Å². The van der Waals surface area contributed by atoms with Gasteiger partial charge in [-0.25, -0.2) is 0 Å². The van der Waals surface area contributed by atoms with E-state index in [9.17, 15) is 4.79 Å². The molecule has 0 atom stereocenters. The maximum atomic E-state index is 12.0. The van der Waals surface area contributed by atoms with Gasteiger partial charge in [0.1, 0.15) is 5.78 Å². The van der Waals surface area contributed by atoms with Crippen molar-refractivity contribution in [2.24, 2.45) is 10.8 Å². The molecule has 0 spiro atoms. The molecule has 1 heteroatoms. The Kier molecular flexibility index (Phi) is 4.83. The highest BCUT2D eigenvalue weighted by molar-refractivity contribution is 5.84. The Morgan fingerprint density at radius 1 is 0.929 bits per heavy atom. The van der Waals surface area contributed by atoms with Gasteiger partial charge in [0.25, 0.3) is 0 Å². The van der Waals surface area contributed by atoms with Crippen LogP contribution in [0.3, 0.4) is 0 Å². The van der Waals surface area contributed by atoms with Gasteiger partial charge < -0.3 is 0 Å². The summed E-state index contributed by atoms with van der Waals surface area (Å²) in [6.45, 7) is 12.6. The molecule has 0 aromatic carbocycles. The average molecular weight is 198 g/mol. The molecule has 0 N–H and O–H groups in total. The zero-order chi connectivity index (χ0) is 11.4. The zero-order valence-electron chi connectivity index (χ0n) is 10.7. The molecule has 84 valence electrons. The van der Waals surface area contributed by atoms with E-state index >= 15 is 0 Å². The van der Waals surface area contributed by atoms with Crippen molar-refractivity contribution in [3.05, 3.63) is 0 Å². The minimum absolute atomic E-state index is 0.176. The van der Waals surface area contributed by atoms with E-state index in [1.807, 2.05) is 20.8 Å². The van der Waals surface area contributed by atoms with Crippen molar-refractivity contribution in [1.29, 1.82) is 0 Å². The van der Waals surface area contributed by atoms with Crippen molar-refractivity contribution in [1.82, 2.24) is 0 Å². The maximum absolute atomic E-state index is 12.0. The fourth-order valence-corrected chi connectivity index (χ4v) is 1.73. The van der Waals surface area contributed by atoms with Crippen molar-refractivity contribution in [2.75, 3.05) is 0 Å². The predicted molar refractivity (Wildman–Crippen MR) is 62.4 cm³/mol. The number of carbonyl (C=O) groups excluding carboxylic acids is 1. The molecule has 0 aromatic heterocycles. The van der Waals surface area contributed by atoms with Crippen molar-refractivity contribution < 1.29 is 4.79 Å². The van der Waals surface area contributed by atoms with Crippen molar-refractivity contribution >= 4 is 5.78 Å². The summed E-state index contributed by atoms with van der Waals surface area (Å²) in [5.74, 6) is 0.406. The summed E-state index contributed by atoms with van der Waals surface area (Å²) in [5, 5.41) is 0. The van der Waals surface area contributed by atoms with Crippen LogP contribution in [0.1, 0.15) is 67.2 Å². The molecule has 14 heavy (non-hydrogen) atoms. The summed E-state index contributed by atoms with van der Waals surface area (Å²) in [6, 6.07) is 0. The summed E-state index contributed by atoms with van der Waals surface area (Å²) < 4.78 is 0. The second kappa shape index (κ2) is 4.95. The highest BCUT2D eigenvalue weighted by Crippen LogP contribution is 2.37. The third-order valence-electron chi connectivity index (χ3n) is 3.62. The van der Waals surface area contributed by atoms with Crippen LogP contribution in [0.2, 0.25) is 0 Å². The minimum Gasteiger partial charge on any atom is -0.299 e. The van der Waals surface area contributed by atoms with Gasteiger partial charge in [-0.3, -0.25) is 4.79 Å². The van der Waals surface area contributed by atoms with Crippen LogP contribution < -0.4 is 0 Å². The standard InChI is InChI=1S/C13H26O/c1-7-13(8-2,9-3)10-11(14)12(4,5)6/h7-10H2,1-6H3. The van der Waals surface area contributed by atoms with E-state index in [0.29, 0.717) is 5.78 Å². The molecule has 0 heterocycles. The lowest BCUT2D eigenvalue weighted by Crippen LogP contribution is -2.29. The Morgan fingerprint density at radius 3 is 1.50 bits per heavy atom. The smallest absolute Gasteiger partial charge is 0.138 e. The molecule has 0 fully saturated rings. The summed E-state index contributed by atoms with van der Waals surface area (Å²) in [4.78, 5) is 12.0. The van der Waals surface area contributed by atoms with Crippen LogP contribution >= 0.6 is 0 Å². The van der Waals surface area contributed by atoms with Crippen LogP contribution in [0.5, 0.6) is 0 Å². The van der Waals surface area contributed by atoms with E-state index in [0.717, 1.165) is 25.7 Å². The maximum Gasteiger partial charge on any atom is 0.138 e. The molecule has 0 amide bonds. The van der Waals surface area contributed by atoms with Crippen LogP contribution in [-0.2, 0) is 4.79 Å². The van der Waals surface area contributed by atoms with Gasteiger partial charge in [0, 0.05) is 11.8 Å². The van der Waals surface area contributed by atoms with E-state index in [-0.39, 0.29) is 10.8 Å². The fourth-order valence-electron chi connectivity index (χ4n) is 1.73. The van der Waals surface area contributed by atoms with Crippen LogP contribution in [0, 0.1) is 10.8 Å². The topological polar surface area (TPSA) is 17.1 Å². The summed E-state index contributed by atoms with van der Waals surface area (Å²) >= 11 is 0. The minimum atomic E-state index is -0.176. The number of Topliss-reactive ketones (excluding diaryl/α,β-unsaturated/α-hetero) is 1. The highest BCUT2D eigenvalue weighted by atomic mass is 16.1. The number of hydrogen-bond donors (Lipinski definition) is 0. The zero-order valence-corrected chi connectivity index (χ0v) is 10.7. The number of hydrogen-bond acceptors (Lipinski definition) is 1. The molecule has 0 rings (SSSR count). The second-order valence-corrected chi connectivity index (χ2v) is 5.41. The first-order valence-corrected chi connectivity index (χ1v) is 5.84. The summed E-state index contributed by atoms with van der Waals surface area (Å²) in [6.07, 6.45) is 4.09. The first-order chi connectivity index (χ1) is 6.31. The molecule has 0 bridgehead atoms. The first-order valence-electron chi connectivity index (χ1n) is 5.84. The van der Waals surface area contributed by atoms with Gasteiger partial charge in [0.05, 0.1) is 0 Å². The van der Waals surface area contributed by atoms with E-state index in [1.54, 1.807) is 0 Å². The van der Waals surface area contributed by atoms with Crippen molar-refractivity contribution in [2.45, 2.75) is 67.2 Å². The van der Waals surface area contributed by atoms with Crippen molar-refractivity contribution in [3.63, 3.8) is 0 Å². The number of carbonyl (C=O) groups is 1. The van der Waals surface area contributed by atoms with Gasteiger partial charge in [-0.05, 0) is 5.41 Å². The molecule has 0 aliphatic carbocycles. The molecule has 0 radical (unpaired) electrons.